The van der Waals surface area contributed by atoms with Gasteiger partial charge in [0.25, 0.3) is 5.91 Å². The van der Waals surface area contributed by atoms with E-state index in [1.165, 1.54) is 12.1 Å². The molecule has 0 saturated carbocycles. The van der Waals surface area contributed by atoms with Crippen LogP contribution in [0.15, 0.2) is 40.8 Å². The van der Waals surface area contributed by atoms with Crippen molar-refractivity contribution >= 4 is 15.7 Å². The lowest BCUT2D eigenvalue weighted by atomic mass is 10.1. The third kappa shape index (κ3) is 4.15. The van der Waals surface area contributed by atoms with E-state index in [0.29, 0.717) is 24.3 Å². The first kappa shape index (κ1) is 18.6. The summed E-state index contributed by atoms with van der Waals surface area (Å²) in [6.45, 7) is 2.52. The Morgan fingerprint density at radius 2 is 1.96 bits per heavy atom. The number of nitrogens with zero attached hydrogens (tertiary/aromatic N) is 1. The van der Waals surface area contributed by atoms with Crippen molar-refractivity contribution in [3.8, 4) is 11.3 Å². The molecule has 0 aliphatic carbocycles. The maximum Gasteiger partial charge on any atom is 0.289 e. The van der Waals surface area contributed by atoms with Crippen molar-refractivity contribution in [3.63, 3.8) is 0 Å². The third-order valence-electron chi connectivity index (χ3n) is 4.61. The van der Waals surface area contributed by atoms with Gasteiger partial charge in [0.1, 0.15) is 11.6 Å². The lowest BCUT2D eigenvalue weighted by molar-refractivity contribution is 0.0662. The predicted molar refractivity (Wildman–Crippen MR) is 97.1 cm³/mol. The van der Waals surface area contributed by atoms with Crippen molar-refractivity contribution in [1.82, 2.24) is 4.90 Å². The Morgan fingerprint density at radius 1 is 1.23 bits per heavy atom. The van der Waals surface area contributed by atoms with Gasteiger partial charge in [-0.1, -0.05) is 13.3 Å². The van der Waals surface area contributed by atoms with E-state index in [2.05, 4.69) is 0 Å². The second-order valence-corrected chi connectivity index (χ2v) is 8.81. The SMILES string of the molecule is CCCCN(C(=O)c1ccc(-c2ccc(F)cc2)o1)C1CCS(=O)(=O)C1. The first-order chi connectivity index (χ1) is 12.4. The van der Waals surface area contributed by atoms with Gasteiger partial charge in [0.15, 0.2) is 15.6 Å². The summed E-state index contributed by atoms with van der Waals surface area (Å²) in [7, 11) is -3.08. The number of amides is 1. The van der Waals surface area contributed by atoms with Crippen LogP contribution in [0.4, 0.5) is 4.39 Å². The molecule has 5 nitrogen and oxygen atoms in total. The van der Waals surface area contributed by atoms with Crippen molar-refractivity contribution < 1.29 is 22.0 Å². The van der Waals surface area contributed by atoms with Crippen molar-refractivity contribution in [1.29, 1.82) is 0 Å². The average molecular weight is 379 g/mol. The second kappa shape index (κ2) is 7.61. The first-order valence-electron chi connectivity index (χ1n) is 8.77. The maximum atomic E-state index is 13.1. The third-order valence-corrected chi connectivity index (χ3v) is 6.36. The molecule has 1 atom stereocenters. The number of furan rings is 1. The minimum atomic E-state index is -3.08. The molecule has 26 heavy (non-hydrogen) atoms. The molecule has 0 spiro atoms. The zero-order valence-corrected chi connectivity index (χ0v) is 15.5. The fourth-order valence-corrected chi connectivity index (χ4v) is 4.89. The fraction of sp³-hybridized carbons (Fsp3) is 0.421. The van der Waals surface area contributed by atoms with Gasteiger partial charge in [0, 0.05) is 18.2 Å². The summed E-state index contributed by atoms with van der Waals surface area (Å²) in [4.78, 5) is 14.6. The fourth-order valence-electron chi connectivity index (χ4n) is 3.16. The number of sulfone groups is 1. The van der Waals surface area contributed by atoms with Crippen LogP contribution in [-0.4, -0.2) is 43.3 Å². The van der Waals surface area contributed by atoms with Crippen LogP contribution in [0.25, 0.3) is 11.3 Å². The Morgan fingerprint density at radius 3 is 2.58 bits per heavy atom. The number of hydrogen-bond donors (Lipinski definition) is 0. The number of unbranched alkanes of at least 4 members (excludes halogenated alkanes) is 1. The summed E-state index contributed by atoms with van der Waals surface area (Å²) in [5, 5.41) is 0. The van der Waals surface area contributed by atoms with Gasteiger partial charge in [-0.15, -0.1) is 0 Å². The van der Waals surface area contributed by atoms with Crippen molar-refractivity contribution in [2.24, 2.45) is 0 Å². The molecule has 0 radical (unpaired) electrons. The van der Waals surface area contributed by atoms with E-state index in [4.69, 9.17) is 4.42 Å². The Bertz CT molecular complexity index is 873. The van der Waals surface area contributed by atoms with Crippen LogP contribution in [0.5, 0.6) is 0 Å². The number of rotatable bonds is 6. The number of halogens is 1. The molecule has 2 heterocycles. The highest BCUT2D eigenvalue weighted by Crippen LogP contribution is 2.25. The molecular formula is C19H22FNO4S. The molecule has 1 aliphatic rings. The normalized spacial score (nSPS) is 18.8. The molecule has 2 aromatic rings. The summed E-state index contributed by atoms with van der Waals surface area (Å²) in [6, 6.07) is 8.78. The quantitative estimate of drug-likeness (QED) is 0.770. The summed E-state index contributed by atoms with van der Waals surface area (Å²) < 4.78 is 42.3. The standard InChI is InChI=1S/C19H22FNO4S/c1-2-3-11-21(16-10-12-26(23,24)13-16)19(22)18-9-8-17(25-18)14-4-6-15(20)7-5-14/h4-9,16H,2-3,10-13H2,1H3. The minimum absolute atomic E-state index is 0.00792. The molecule has 1 aromatic carbocycles. The van der Waals surface area contributed by atoms with Crippen LogP contribution in [0.3, 0.4) is 0 Å². The molecule has 140 valence electrons. The summed E-state index contributed by atoms with van der Waals surface area (Å²) in [5.41, 5.74) is 0.675. The highest BCUT2D eigenvalue weighted by Gasteiger charge is 2.35. The van der Waals surface area contributed by atoms with Gasteiger partial charge >= 0.3 is 0 Å². The van der Waals surface area contributed by atoms with E-state index in [1.54, 1.807) is 29.2 Å². The van der Waals surface area contributed by atoms with Gasteiger partial charge in [-0.05, 0) is 49.2 Å². The van der Waals surface area contributed by atoms with Gasteiger partial charge in [-0.3, -0.25) is 4.79 Å². The van der Waals surface area contributed by atoms with Gasteiger partial charge < -0.3 is 9.32 Å². The summed E-state index contributed by atoms with van der Waals surface area (Å²) >= 11 is 0. The molecule has 1 amide bonds. The molecule has 0 bridgehead atoms. The van der Waals surface area contributed by atoms with Crippen molar-refractivity contribution in [2.75, 3.05) is 18.1 Å². The zero-order valence-electron chi connectivity index (χ0n) is 14.7. The number of carbonyl (C=O) groups is 1. The molecule has 7 heteroatoms. The molecule has 1 aromatic heterocycles. The Kier molecular flexibility index (Phi) is 5.46. The van der Waals surface area contributed by atoms with E-state index in [-0.39, 0.29) is 35.0 Å². The molecule has 0 N–H and O–H groups in total. The van der Waals surface area contributed by atoms with Crippen LogP contribution in [0.1, 0.15) is 36.7 Å². The molecular weight excluding hydrogens is 357 g/mol. The van der Waals surface area contributed by atoms with E-state index in [1.807, 2.05) is 6.92 Å². The second-order valence-electron chi connectivity index (χ2n) is 6.58. The predicted octanol–water partition coefficient (Wildman–Crippen LogP) is 3.52. The van der Waals surface area contributed by atoms with E-state index in [0.717, 1.165) is 12.8 Å². The van der Waals surface area contributed by atoms with Gasteiger partial charge in [0.05, 0.1) is 11.5 Å². The van der Waals surface area contributed by atoms with Crippen LogP contribution in [-0.2, 0) is 9.84 Å². The van der Waals surface area contributed by atoms with Crippen LogP contribution in [0.2, 0.25) is 0 Å². The van der Waals surface area contributed by atoms with Gasteiger partial charge in [-0.25, -0.2) is 12.8 Å². The van der Waals surface area contributed by atoms with E-state index < -0.39 is 9.84 Å². The Balaban J connectivity index is 1.81. The largest absolute Gasteiger partial charge is 0.451 e. The van der Waals surface area contributed by atoms with Crippen LogP contribution >= 0.6 is 0 Å². The van der Waals surface area contributed by atoms with Crippen LogP contribution in [0, 0.1) is 5.82 Å². The number of benzene rings is 1. The zero-order chi connectivity index (χ0) is 18.7. The highest BCUT2D eigenvalue weighted by atomic mass is 32.2. The topological polar surface area (TPSA) is 67.6 Å². The maximum absolute atomic E-state index is 13.1. The monoisotopic (exact) mass is 379 g/mol. The molecule has 1 unspecified atom stereocenters. The molecule has 1 aliphatic heterocycles. The van der Waals surface area contributed by atoms with Gasteiger partial charge in [-0.2, -0.15) is 0 Å². The van der Waals surface area contributed by atoms with E-state index >= 15 is 0 Å². The van der Waals surface area contributed by atoms with Crippen molar-refractivity contribution in [2.45, 2.75) is 32.2 Å². The molecule has 3 rings (SSSR count). The Labute approximate surface area is 152 Å². The lowest BCUT2D eigenvalue weighted by Crippen LogP contribution is -2.41. The van der Waals surface area contributed by atoms with Crippen LogP contribution < -0.4 is 0 Å². The Hall–Kier alpha value is -2.15. The smallest absolute Gasteiger partial charge is 0.289 e. The summed E-state index contributed by atoms with van der Waals surface area (Å²) in [5.74, 6) is 0.131. The van der Waals surface area contributed by atoms with E-state index in [9.17, 15) is 17.6 Å². The van der Waals surface area contributed by atoms with Crippen molar-refractivity contribution in [3.05, 3.63) is 48.0 Å². The first-order valence-corrected chi connectivity index (χ1v) is 10.6. The molecule has 1 fully saturated rings. The summed E-state index contributed by atoms with van der Waals surface area (Å²) in [6.07, 6.45) is 2.17. The average Bonchev–Trinajstić information content (AvgIpc) is 3.23. The molecule has 1 saturated heterocycles. The highest BCUT2D eigenvalue weighted by molar-refractivity contribution is 7.91. The van der Waals surface area contributed by atoms with Gasteiger partial charge in [0.2, 0.25) is 0 Å². The number of hydrogen-bond acceptors (Lipinski definition) is 4. The minimum Gasteiger partial charge on any atom is -0.451 e. The lowest BCUT2D eigenvalue weighted by Gasteiger charge is -2.27. The number of carbonyl (C=O) groups excluding carboxylic acids is 1.